The van der Waals surface area contributed by atoms with Gasteiger partial charge in [0, 0.05) is 42.5 Å². The lowest BCUT2D eigenvalue weighted by molar-refractivity contribution is 0.0747. The summed E-state index contributed by atoms with van der Waals surface area (Å²) in [4.78, 5) is 26.6. The Kier molecular flexibility index (Phi) is 4.80. The highest BCUT2D eigenvalue weighted by Gasteiger charge is 2.30. The van der Waals surface area contributed by atoms with Crippen molar-refractivity contribution < 1.29 is 4.79 Å². The van der Waals surface area contributed by atoms with Gasteiger partial charge in [-0.3, -0.25) is 4.79 Å². The van der Waals surface area contributed by atoms with Crippen molar-refractivity contribution >= 4 is 45.8 Å². The molecule has 7 heteroatoms. The largest absolute Gasteiger partial charge is 0.352 e. The molecule has 3 aromatic rings. The van der Waals surface area contributed by atoms with Crippen molar-refractivity contribution in [2.45, 2.75) is 18.8 Å². The molecule has 148 valence electrons. The smallest absolute Gasteiger partial charge is 0.255 e. The summed E-state index contributed by atoms with van der Waals surface area (Å²) in [5, 5.41) is 2.18. The minimum Gasteiger partial charge on any atom is -0.352 e. The van der Waals surface area contributed by atoms with Gasteiger partial charge in [0.25, 0.3) is 5.91 Å². The van der Waals surface area contributed by atoms with E-state index in [9.17, 15) is 4.79 Å². The number of hydrogen-bond donors (Lipinski definition) is 0. The number of halogens is 2. The summed E-state index contributed by atoms with van der Waals surface area (Å²) in [6.07, 6.45) is 2.29. The Labute approximate surface area is 179 Å². The molecule has 2 heterocycles. The van der Waals surface area contributed by atoms with Crippen molar-refractivity contribution in [3.63, 3.8) is 0 Å². The van der Waals surface area contributed by atoms with E-state index in [-0.39, 0.29) is 5.91 Å². The van der Waals surface area contributed by atoms with Crippen LogP contribution in [-0.2, 0) is 0 Å². The molecule has 1 saturated carbocycles. The Morgan fingerprint density at radius 1 is 0.966 bits per heavy atom. The second-order valence-electron chi connectivity index (χ2n) is 7.60. The first-order valence-electron chi connectivity index (χ1n) is 9.86. The van der Waals surface area contributed by atoms with Gasteiger partial charge in [-0.25, -0.2) is 9.97 Å². The fourth-order valence-corrected chi connectivity index (χ4v) is 4.18. The zero-order valence-corrected chi connectivity index (χ0v) is 17.3. The molecule has 0 radical (unpaired) electrons. The Hall–Kier alpha value is -2.37. The van der Waals surface area contributed by atoms with E-state index in [2.05, 4.69) is 4.90 Å². The lowest BCUT2D eigenvalue weighted by atomic mass is 10.1. The topological polar surface area (TPSA) is 49.3 Å². The van der Waals surface area contributed by atoms with Gasteiger partial charge in [-0.05, 0) is 43.2 Å². The molecule has 0 N–H and O–H groups in total. The number of benzene rings is 2. The summed E-state index contributed by atoms with van der Waals surface area (Å²) in [6.45, 7) is 2.69. The lowest BCUT2D eigenvalue weighted by Crippen LogP contribution is -2.49. The van der Waals surface area contributed by atoms with E-state index in [4.69, 9.17) is 33.2 Å². The molecule has 29 heavy (non-hydrogen) atoms. The van der Waals surface area contributed by atoms with Crippen molar-refractivity contribution in [1.29, 1.82) is 0 Å². The van der Waals surface area contributed by atoms with E-state index < -0.39 is 0 Å². The first-order valence-corrected chi connectivity index (χ1v) is 10.6. The number of fused-ring (bicyclic) bond motifs is 1. The highest BCUT2D eigenvalue weighted by atomic mass is 35.5. The van der Waals surface area contributed by atoms with Crippen molar-refractivity contribution in [3.05, 3.63) is 63.9 Å². The van der Waals surface area contributed by atoms with E-state index >= 15 is 0 Å². The zero-order valence-electron chi connectivity index (χ0n) is 15.8. The molecule has 0 unspecified atom stereocenters. The number of rotatable bonds is 3. The maximum Gasteiger partial charge on any atom is 0.255 e. The van der Waals surface area contributed by atoms with Crippen LogP contribution in [-0.4, -0.2) is 47.0 Å². The Balaban J connectivity index is 1.40. The van der Waals surface area contributed by atoms with Crippen molar-refractivity contribution in [3.8, 4) is 0 Å². The van der Waals surface area contributed by atoms with Crippen LogP contribution in [0.3, 0.4) is 0 Å². The molecule has 1 saturated heterocycles. The Morgan fingerprint density at radius 2 is 1.72 bits per heavy atom. The molecule has 5 nitrogen and oxygen atoms in total. The number of anilines is 1. The van der Waals surface area contributed by atoms with Gasteiger partial charge in [0.2, 0.25) is 0 Å². The van der Waals surface area contributed by atoms with Crippen LogP contribution in [0, 0.1) is 0 Å². The van der Waals surface area contributed by atoms with Gasteiger partial charge in [-0.2, -0.15) is 0 Å². The molecule has 1 aliphatic heterocycles. The molecule has 0 atom stereocenters. The minimum absolute atomic E-state index is 0.0201. The second kappa shape index (κ2) is 7.47. The van der Waals surface area contributed by atoms with Crippen LogP contribution in [0.25, 0.3) is 10.9 Å². The summed E-state index contributed by atoms with van der Waals surface area (Å²) in [5.74, 6) is 2.29. The third kappa shape index (κ3) is 3.65. The quantitative estimate of drug-likeness (QED) is 0.604. The lowest BCUT2D eigenvalue weighted by Gasteiger charge is -2.36. The molecule has 2 aliphatic rings. The summed E-state index contributed by atoms with van der Waals surface area (Å²) in [6, 6.07) is 13.0. The fourth-order valence-electron chi connectivity index (χ4n) is 3.80. The number of piperazine rings is 1. The SMILES string of the molecule is O=C(c1ccccc1Cl)N1CCN(c2nc(C3CC3)nc3cc(Cl)ccc23)CC1. The monoisotopic (exact) mass is 426 g/mol. The number of nitrogens with zero attached hydrogens (tertiary/aromatic N) is 4. The van der Waals surface area contributed by atoms with Gasteiger partial charge in [0.05, 0.1) is 16.1 Å². The number of aromatic nitrogens is 2. The number of amides is 1. The third-order valence-electron chi connectivity index (χ3n) is 5.57. The first-order chi connectivity index (χ1) is 14.1. The van der Waals surface area contributed by atoms with Gasteiger partial charge < -0.3 is 9.80 Å². The Bertz CT molecular complexity index is 1090. The second-order valence-corrected chi connectivity index (χ2v) is 8.44. The highest BCUT2D eigenvalue weighted by molar-refractivity contribution is 6.33. The van der Waals surface area contributed by atoms with Crippen LogP contribution in [0.2, 0.25) is 10.0 Å². The first kappa shape index (κ1) is 18.6. The van der Waals surface area contributed by atoms with Crippen molar-refractivity contribution in [1.82, 2.24) is 14.9 Å². The summed E-state index contributed by atoms with van der Waals surface area (Å²) >= 11 is 12.4. The highest BCUT2D eigenvalue weighted by Crippen LogP contribution is 2.40. The minimum atomic E-state index is -0.0201. The van der Waals surface area contributed by atoms with Crippen molar-refractivity contribution in [2.24, 2.45) is 0 Å². The van der Waals surface area contributed by atoms with Crippen LogP contribution >= 0.6 is 23.2 Å². The number of hydrogen-bond acceptors (Lipinski definition) is 4. The van der Waals surface area contributed by atoms with Gasteiger partial charge in [-0.15, -0.1) is 0 Å². The fraction of sp³-hybridized carbons (Fsp3) is 0.318. The van der Waals surface area contributed by atoms with Gasteiger partial charge in [0.15, 0.2) is 0 Å². The number of carbonyl (C=O) groups excluding carboxylic acids is 1. The normalized spacial score (nSPS) is 17.0. The maximum atomic E-state index is 12.8. The molecule has 0 bridgehead atoms. The van der Waals surface area contributed by atoms with E-state index in [1.807, 2.05) is 35.2 Å². The van der Waals surface area contributed by atoms with Gasteiger partial charge in [-0.1, -0.05) is 35.3 Å². The summed E-state index contributed by atoms with van der Waals surface area (Å²) in [7, 11) is 0. The molecule has 1 amide bonds. The average Bonchev–Trinajstić information content (AvgIpc) is 3.58. The van der Waals surface area contributed by atoms with Crippen LogP contribution in [0.1, 0.15) is 34.9 Å². The zero-order chi connectivity index (χ0) is 20.0. The molecule has 5 rings (SSSR count). The molecule has 2 aromatic carbocycles. The van der Waals surface area contributed by atoms with Crippen molar-refractivity contribution in [2.75, 3.05) is 31.1 Å². The van der Waals surface area contributed by atoms with E-state index in [1.54, 1.807) is 12.1 Å². The summed E-state index contributed by atoms with van der Waals surface area (Å²) in [5.41, 5.74) is 1.44. The van der Waals surface area contributed by atoms with Crippen LogP contribution in [0.5, 0.6) is 0 Å². The Morgan fingerprint density at radius 3 is 2.45 bits per heavy atom. The standard InChI is InChI=1S/C22H20Cl2N4O/c23-15-7-8-17-19(13-15)25-20(14-5-6-14)26-21(17)27-9-11-28(12-10-27)22(29)16-3-1-2-4-18(16)24/h1-4,7-8,13-14H,5-6,9-12H2. The average molecular weight is 427 g/mol. The summed E-state index contributed by atoms with van der Waals surface area (Å²) < 4.78 is 0. The van der Waals surface area contributed by atoms with Crippen LogP contribution in [0.4, 0.5) is 5.82 Å². The molecule has 2 fully saturated rings. The predicted molar refractivity (Wildman–Crippen MR) is 116 cm³/mol. The van der Waals surface area contributed by atoms with E-state index in [0.717, 1.165) is 48.5 Å². The predicted octanol–water partition coefficient (Wildman–Crippen LogP) is 4.78. The van der Waals surface area contributed by atoms with E-state index in [0.29, 0.717) is 34.6 Å². The molecule has 1 aliphatic carbocycles. The third-order valence-corrected chi connectivity index (χ3v) is 6.13. The van der Waals surface area contributed by atoms with Gasteiger partial charge in [0.1, 0.15) is 11.6 Å². The number of carbonyl (C=O) groups is 1. The van der Waals surface area contributed by atoms with Gasteiger partial charge >= 0.3 is 0 Å². The van der Waals surface area contributed by atoms with Crippen LogP contribution < -0.4 is 4.90 Å². The maximum absolute atomic E-state index is 12.8. The van der Waals surface area contributed by atoms with E-state index in [1.165, 1.54) is 0 Å². The molecule has 0 spiro atoms. The molecule has 1 aromatic heterocycles. The van der Waals surface area contributed by atoms with Crippen LogP contribution in [0.15, 0.2) is 42.5 Å². The molecular weight excluding hydrogens is 407 g/mol. The molecular formula is C22H20Cl2N4O.